The van der Waals surface area contributed by atoms with Crippen molar-refractivity contribution in [2.75, 3.05) is 33.4 Å². The van der Waals surface area contributed by atoms with Crippen LogP contribution in [0.4, 0.5) is 0 Å². The van der Waals surface area contributed by atoms with Gasteiger partial charge in [-0.3, -0.25) is 0 Å². The van der Waals surface area contributed by atoms with Crippen LogP contribution in [-0.2, 0) is 9.47 Å². The first-order chi connectivity index (χ1) is 6.83. The molecule has 1 rings (SSSR count). The van der Waals surface area contributed by atoms with E-state index in [-0.39, 0.29) is 5.60 Å². The summed E-state index contributed by atoms with van der Waals surface area (Å²) in [5, 5.41) is 3.18. The number of ether oxygens (including phenoxy) is 2. The molecule has 0 amide bonds. The Bertz CT molecular complexity index is 146. The lowest BCUT2D eigenvalue weighted by Crippen LogP contribution is -2.43. The molecular formula is C11H23NO2. The summed E-state index contributed by atoms with van der Waals surface area (Å²) in [5.74, 6) is 0. The van der Waals surface area contributed by atoms with Crippen molar-refractivity contribution in [2.24, 2.45) is 0 Å². The second-order valence-electron chi connectivity index (χ2n) is 3.94. The van der Waals surface area contributed by atoms with Gasteiger partial charge in [-0.25, -0.2) is 0 Å². The fourth-order valence-electron chi connectivity index (χ4n) is 1.85. The van der Waals surface area contributed by atoms with E-state index in [1.165, 1.54) is 19.3 Å². The molecule has 3 heteroatoms. The van der Waals surface area contributed by atoms with Crippen LogP contribution in [-0.4, -0.2) is 39.0 Å². The SMILES string of the molecule is CCOCCOC1(CCNC)CCC1. The maximum Gasteiger partial charge on any atom is 0.0708 e. The summed E-state index contributed by atoms with van der Waals surface area (Å²) in [5.41, 5.74) is 0.181. The zero-order valence-electron chi connectivity index (χ0n) is 9.47. The molecule has 0 spiro atoms. The molecule has 1 aliphatic carbocycles. The van der Waals surface area contributed by atoms with E-state index >= 15 is 0 Å². The fraction of sp³-hybridized carbons (Fsp3) is 1.00. The predicted octanol–water partition coefficient (Wildman–Crippen LogP) is 1.57. The van der Waals surface area contributed by atoms with Crippen molar-refractivity contribution in [3.8, 4) is 0 Å². The summed E-state index contributed by atoms with van der Waals surface area (Å²) < 4.78 is 11.2. The first-order valence-electron chi connectivity index (χ1n) is 5.69. The molecule has 1 N–H and O–H groups in total. The Morgan fingerprint density at radius 1 is 1.29 bits per heavy atom. The van der Waals surface area contributed by atoms with Crippen molar-refractivity contribution >= 4 is 0 Å². The second kappa shape index (κ2) is 6.38. The van der Waals surface area contributed by atoms with Crippen LogP contribution in [0.1, 0.15) is 32.6 Å². The smallest absolute Gasteiger partial charge is 0.0708 e. The van der Waals surface area contributed by atoms with Gasteiger partial charge in [0.1, 0.15) is 0 Å². The zero-order valence-corrected chi connectivity index (χ0v) is 9.47. The molecule has 0 aliphatic heterocycles. The van der Waals surface area contributed by atoms with E-state index in [4.69, 9.17) is 9.47 Å². The molecular weight excluding hydrogens is 178 g/mol. The monoisotopic (exact) mass is 201 g/mol. The summed E-state index contributed by atoms with van der Waals surface area (Å²) in [4.78, 5) is 0. The average molecular weight is 201 g/mol. The number of hydrogen-bond acceptors (Lipinski definition) is 3. The fourth-order valence-corrected chi connectivity index (χ4v) is 1.85. The Kier molecular flexibility index (Phi) is 5.45. The van der Waals surface area contributed by atoms with Crippen LogP contribution in [0, 0.1) is 0 Å². The molecule has 0 bridgehead atoms. The zero-order chi connectivity index (χ0) is 10.3. The van der Waals surface area contributed by atoms with Gasteiger partial charge in [-0.05, 0) is 46.2 Å². The first kappa shape index (κ1) is 12.0. The Balaban J connectivity index is 2.10. The van der Waals surface area contributed by atoms with Crippen LogP contribution < -0.4 is 5.32 Å². The molecule has 0 atom stereocenters. The first-order valence-corrected chi connectivity index (χ1v) is 5.69. The molecule has 0 heterocycles. The number of hydrogen-bond donors (Lipinski definition) is 1. The van der Waals surface area contributed by atoms with Crippen LogP contribution in [0.3, 0.4) is 0 Å². The minimum absolute atomic E-state index is 0.181. The van der Waals surface area contributed by atoms with Crippen LogP contribution >= 0.6 is 0 Å². The van der Waals surface area contributed by atoms with Crippen molar-refractivity contribution in [3.05, 3.63) is 0 Å². The normalized spacial score (nSPS) is 19.3. The highest BCUT2D eigenvalue weighted by molar-refractivity contribution is 4.90. The lowest BCUT2D eigenvalue weighted by Gasteiger charge is -2.41. The highest BCUT2D eigenvalue weighted by atomic mass is 16.5. The van der Waals surface area contributed by atoms with Gasteiger partial charge in [-0.1, -0.05) is 0 Å². The van der Waals surface area contributed by atoms with Gasteiger partial charge in [-0.15, -0.1) is 0 Å². The van der Waals surface area contributed by atoms with E-state index in [0.717, 1.165) is 32.8 Å². The molecule has 0 radical (unpaired) electrons. The summed E-state index contributed by atoms with van der Waals surface area (Å²) in [7, 11) is 1.99. The van der Waals surface area contributed by atoms with Crippen molar-refractivity contribution in [1.29, 1.82) is 0 Å². The summed E-state index contributed by atoms with van der Waals surface area (Å²) in [6, 6.07) is 0. The molecule has 0 aromatic heterocycles. The Morgan fingerprint density at radius 3 is 2.57 bits per heavy atom. The third kappa shape index (κ3) is 3.56. The van der Waals surface area contributed by atoms with Crippen LogP contribution in [0.15, 0.2) is 0 Å². The third-order valence-corrected chi connectivity index (χ3v) is 2.94. The van der Waals surface area contributed by atoms with Gasteiger partial charge < -0.3 is 14.8 Å². The minimum atomic E-state index is 0.181. The Morgan fingerprint density at radius 2 is 2.07 bits per heavy atom. The van der Waals surface area contributed by atoms with Crippen LogP contribution in [0.25, 0.3) is 0 Å². The quantitative estimate of drug-likeness (QED) is 0.605. The molecule has 0 aromatic rings. The predicted molar refractivity (Wildman–Crippen MR) is 57.6 cm³/mol. The highest BCUT2D eigenvalue weighted by Gasteiger charge is 2.37. The highest BCUT2D eigenvalue weighted by Crippen LogP contribution is 2.38. The topological polar surface area (TPSA) is 30.5 Å². The van der Waals surface area contributed by atoms with E-state index in [2.05, 4.69) is 5.32 Å². The largest absolute Gasteiger partial charge is 0.379 e. The second-order valence-corrected chi connectivity index (χ2v) is 3.94. The van der Waals surface area contributed by atoms with Gasteiger partial charge in [0.2, 0.25) is 0 Å². The molecule has 0 aromatic carbocycles. The molecule has 1 saturated carbocycles. The van der Waals surface area contributed by atoms with E-state index in [1.54, 1.807) is 0 Å². The molecule has 3 nitrogen and oxygen atoms in total. The molecule has 1 fully saturated rings. The third-order valence-electron chi connectivity index (χ3n) is 2.94. The maximum absolute atomic E-state index is 5.90. The van der Waals surface area contributed by atoms with Gasteiger partial charge in [-0.2, -0.15) is 0 Å². The molecule has 0 unspecified atom stereocenters. The van der Waals surface area contributed by atoms with Gasteiger partial charge in [0.05, 0.1) is 18.8 Å². The lowest BCUT2D eigenvalue weighted by atomic mass is 9.77. The summed E-state index contributed by atoms with van der Waals surface area (Å²) in [6.45, 7) is 5.33. The standard InChI is InChI=1S/C11H23NO2/c1-3-13-9-10-14-11(5-4-6-11)7-8-12-2/h12H,3-10H2,1-2H3. The van der Waals surface area contributed by atoms with Gasteiger partial charge in [0, 0.05) is 6.61 Å². The van der Waals surface area contributed by atoms with Crippen molar-refractivity contribution in [1.82, 2.24) is 5.32 Å². The molecule has 14 heavy (non-hydrogen) atoms. The lowest BCUT2D eigenvalue weighted by molar-refractivity contribution is -0.117. The van der Waals surface area contributed by atoms with Crippen molar-refractivity contribution in [3.63, 3.8) is 0 Å². The van der Waals surface area contributed by atoms with Gasteiger partial charge in [0.15, 0.2) is 0 Å². The van der Waals surface area contributed by atoms with E-state index < -0.39 is 0 Å². The van der Waals surface area contributed by atoms with Gasteiger partial charge in [0.25, 0.3) is 0 Å². The van der Waals surface area contributed by atoms with Crippen molar-refractivity contribution in [2.45, 2.75) is 38.2 Å². The van der Waals surface area contributed by atoms with Crippen molar-refractivity contribution < 1.29 is 9.47 Å². The number of nitrogens with one attached hydrogen (secondary N) is 1. The average Bonchev–Trinajstić information content (AvgIpc) is 2.15. The molecule has 1 aliphatic rings. The van der Waals surface area contributed by atoms with Gasteiger partial charge >= 0.3 is 0 Å². The summed E-state index contributed by atoms with van der Waals surface area (Å²) in [6.07, 6.45) is 4.90. The molecule has 84 valence electrons. The Hall–Kier alpha value is -0.120. The van der Waals surface area contributed by atoms with E-state index in [0.29, 0.717) is 0 Å². The number of rotatable bonds is 8. The van der Waals surface area contributed by atoms with Crippen LogP contribution in [0.5, 0.6) is 0 Å². The van der Waals surface area contributed by atoms with E-state index in [9.17, 15) is 0 Å². The molecule has 0 saturated heterocycles. The summed E-state index contributed by atoms with van der Waals surface area (Å²) >= 11 is 0. The van der Waals surface area contributed by atoms with Crippen LogP contribution in [0.2, 0.25) is 0 Å². The van der Waals surface area contributed by atoms with E-state index in [1.807, 2.05) is 14.0 Å². The maximum atomic E-state index is 5.90. The Labute approximate surface area is 87.2 Å². The minimum Gasteiger partial charge on any atom is -0.379 e.